The van der Waals surface area contributed by atoms with E-state index >= 15 is 0 Å². The molecule has 0 saturated carbocycles. The predicted octanol–water partition coefficient (Wildman–Crippen LogP) is 2.26. The number of carbonyl (C=O) groups excluding carboxylic acids is 1. The Hall–Kier alpha value is -1.85. The maximum Gasteiger partial charge on any atom is 0.573 e. The molecule has 0 aromatic heterocycles. The number of hydrogen-bond donors (Lipinski definition) is 1. The highest BCUT2D eigenvalue weighted by Crippen LogP contribution is 2.43. The average Bonchev–Trinajstić information content (AvgIpc) is 2.91. The lowest BCUT2D eigenvalue weighted by Gasteiger charge is -2.37. The summed E-state index contributed by atoms with van der Waals surface area (Å²) in [6.45, 7) is 2.95. The number of alkyl halides is 3. The van der Waals surface area contributed by atoms with Gasteiger partial charge in [0.2, 0.25) is 5.91 Å². The van der Waals surface area contributed by atoms with Crippen LogP contribution in [-0.2, 0) is 15.0 Å². The van der Waals surface area contributed by atoms with Crippen molar-refractivity contribution < 1.29 is 31.1 Å². The van der Waals surface area contributed by atoms with E-state index < -0.39 is 22.0 Å². The van der Waals surface area contributed by atoms with Crippen LogP contribution >= 0.6 is 0 Å². The molecular formula is C17H22F3N3O4S. The fourth-order valence-corrected chi connectivity index (χ4v) is 5.00. The molecule has 28 heavy (non-hydrogen) atoms. The van der Waals surface area contributed by atoms with Gasteiger partial charge in [0.1, 0.15) is 5.75 Å². The quantitative estimate of drug-likeness (QED) is 0.791. The van der Waals surface area contributed by atoms with Gasteiger partial charge in [0.15, 0.2) is 0 Å². The minimum atomic E-state index is -4.77. The SMILES string of the molecule is CCNS(=O)(=O)N1CCC2(CCN(c3ccc(OC(F)(F)F)cc3)C2=O)CC1. The van der Waals surface area contributed by atoms with E-state index in [0.717, 1.165) is 0 Å². The molecule has 0 atom stereocenters. The number of nitrogens with one attached hydrogen (secondary N) is 1. The second-order valence-electron chi connectivity index (χ2n) is 6.93. The molecule has 1 aromatic carbocycles. The summed E-state index contributed by atoms with van der Waals surface area (Å²) in [5.41, 5.74) is -0.126. The number of nitrogens with zero attached hydrogens (tertiary/aromatic N) is 2. The van der Waals surface area contributed by atoms with Gasteiger partial charge in [-0.25, -0.2) is 4.72 Å². The molecule has 0 radical (unpaired) electrons. The Morgan fingerprint density at radius 2 is 1.68 bits per heavy atom. The third-order valence-electron chi connectivity index (χ3n) is 5.24. The Bertz CT molecular complexity index is 819. The van der Waals surface area contributed by atoms with E-state index in [1.165, 1.54) is 28.6 Å². The van der Waals surface area contributed by atoms with Gasteiger partial charge >= 0.3 is 6.36 Å². The Labute approximate surface area is 161 Å². The molecule has 2 heterocycles. The lowest BCUT2D eigenvalue weighted by molar-refractivity contribution is -0.274. The second-order valence-corrected chi connectivity index (χ2v) is 8.69. The number of amides is 1. The van der Waals surface area contributed by atoms with Crippen LogP contribution in [0.1, 0.15) is 26.2 Å². The minimum Gasteiger partial charge on any atom is -0.406 e. The van der Waals surface area contributed by atoms with Crippen molar-refractivity contribution >= 4 is 21.8 Å². The van der Waals surface area contributed by atoms with Gasteiger partial charge in [0.25, 0.3) is 10.2 Å². The highest BCUT2D eigenvalue weighted by atomic mass is 32.2. The fraction of sp³-hybridized carbons (Fsp3) is 0.588. The summed E-state index contributed by atoms with van der Waals surface area (Å²) in [7, 11) is -3.53. The number of rotatable bonds is 5. The third kappa shape index (κ3) is 4.26. The van der Waals surface area contributed by atoms with E-state index in [1.807, 2.05) is 0 Å². The van der Waals surface area contributed by atoms with Crippen molar-refractivity contribution in [1.82, 2.24) is 9.03 Å². The van der Waals surface area contributed by atoms with Crippen molar-refractivity contribution in [3.63, 3.8) is 0 Å². The van der Waals surface area contributed by atoms with E-state index in [-0.39, 0.29) is 24.7 Å². The van der Waals surface area contributed by atoms with Gasteiger partial charge < -0.3 is 9.64 Å². The molecule has 0 bridgehead atoms. The van der Waals surface area contributed by atoms with E-state index in [1.54, 1.807) is 11.8 Å². The van der Waals surface area contributed by atoms with E-state index in [4.69, 9.17) is 0 Å². The lowest BCUT2D eigenvalue weighted by Crippen LogP contribution is -2.49. The van der Waals surface area contributed by atoms with E-state index in [0.29, 0.717) is 38.0 Å². The molecule has 1 aromatic rings. The van der Waals surface area contributed by atoms with Gasteiger partial charge in [-0.15, -0.1) is 13.2 Å². The molecule has 2 fully saturated rings. The molecule has 0 unspecified atom stereocenters. The summed E-state index contributed by atoms with van der Waals surface area (Å²) in [5.74, 6) is -0.461. The molecule has 1 amide bonds. The Balaban J connectivity index is 1.67. The highest BCUT2D eigenvalue weighted by Gasteiger charge is 2.49. The van der Waals surface area contributed by atoms with Gasteiger partial charge in [-0.2, -0.15) is 12.7 Å². The zero-order chi connectivity index (χ0) is 20.6. The van der Waals surface area contributed by atoms with E-state index in [2.05, 4.69) is 9.46 Å². The summed E-state index contributed by atoms with van der Waals surface area (Å²) in [4.78, 5) is 14.6. The number of halogens is 3. The highest BCUT2D eigenvalue weighted by molar-refractivity contribution is 7.87. The first kappa shape index (κ1) is 20.9. The van der Waals surface area contributed by atoms with Crippen LogP contribution in [0.2, 0.25) is 0 Å². The van der Waals surface area contributed by atoms with Gasteiger partial charge in [0.05, 0.1) is 5.41 Å². The van der Waals surface area contributed by atoms with Crippen molar-refractivity contribution in [1.29, 1.82) is 0 Å². The summed E-state index contributed by atoms with van der Waals surface area (Å²) in [6.07, 6.45) is -3.35. The molecular weight excluding hydrogens is 399 g/mol. The zero-order valence-electron chi connectivity index (χ0n) is 15.3. The van der Waals surface area contributed by atoms with Crippen LogP contribution in [0.15, 0.2) is 24.3 Å². The largest absolute Gasteiger partial charge is 0.573 e. The molecule has 3 rings (SSSR count). The number of piperidine rings is 1. The van der Waals surface area contributed by atoms with Crippen LogP contribution in [0, 0.1) is 5.41 Å². The number of hydrogen-bond acceptors (Lipinski definition) is 4. The Morgan fingerprint density at radius 1 is 1.11 bits per heavy atom. The van der Waals surface area contributed by atoms with Crippen LogP contribution in [0.3, 0.4) is 0 Å². The summed E-state index contributed by atoms with van der Waals surface area (Å²) in [6, 6.07) is 5.19. The van der Waals surface area contributed by atoms with Crippen molar-refractivity contribution in [2.75, 3.05) is 31.1 Å². The number of ether oxygens (including phenoxy) is 1. The average molecular weight is 421 g/mol. The molecule has 156 valence electrons. The van der Waals surface area contributed by atoms with Crippen molar-refractivity contribution in [3.05, 3.63) is 24.3 Å². The third-order valence-corrected chi connectivity index (χ3v) is 6.94. The maximum absolute atomic E-state index is 13.0. The summed E-state index contributed by atoms with van der Waals surface area (Å²) >= 11 is 0. The van der Waals surface area contributed by atoms with Gasteiger partial charge in [-0.3, -0.25) is 4.79 Å². The molecule has 1 spiro atoms. The predicted molar refractivity (Wildman–Crippen MR) is 95.9 cm³/mol. The monoisotopic (exact) mass is 421 g/mol. The Kier molecular flexibility index (Phi) is 5.61. The molecule has 2 aliphatic heterocycles. The van der Waals surface area contributed by atoms with Crippen molar-refractivity contribution in [3.8, 4) is 5.75 Å². The van der Waals surface area contributed by atoms with Crippen molar-refractivity contribution in [2.24, 2.45) is 5.41 Å². The second kappa shape index (κ2) is 7.53. The van der Waals surface area contributed by atoms with Crippen LogP contribution in [-0.4, -0.2) is 51.2 Å². The minimum absolute atomic E-state index is 0.113. The fourth-order valence-electron chi connectivity index (χ4n) is 3.79. The molecule has 1 N–H and O–H groups in total. The van der Waals surface area contributed by atoms with Gasteiger partial charge in [-0.05, 0) is 43.5 Å². The standard InChI is InChI=1S/C17H22F3N3O4S/c1-2-21-28(25,26)22-10-7-16(8-11-22)9-12-23(15(16)24)13-3-5-14(6-4-13)27-17(18,19)20/h3-6,21H,2,7-12H2,1H3. The lowest BCUT2D eigenvalue weighted by atomic mass is 9.77. The topological polar surface area (TPSA) is 79.0 Å². The molecule has 2 aliphatic rings. The van der Waals surface area contributed by atoms with Gasteiger partial charge in [-0.1, -0.05) is 6.92 Å². The first-order chi connectivity index (χ1) is 13.1. The van der Waals surface area contributed by atoms with Crippen LogP contribution in [0.25, 0.3) is 0 Å². The summed E-state index contributed by atoms with van der Waals surface area (Å²) < 4.78 is 68.7. The first-order valence-electron chi connectivity index (χ1n) is 8.99. The molecule has 0 aliphatic carbocycles. The maximum atomic E-state index is 13.0. The van der Waals surface area contributed by atoms with Gasteiger partial charge in [0, 0.05) is 31.9 Å². The Morgan fingerprint density at radius 3 is 2.21 bits per heavy atom. The molecule has 2 saturated heterocycles. The number of benzene rings is 1. The van der Waals surface area contributed by atoms with Crippen LogP contribution < -0.4 is 14.4 Å². The smallest absolute Gasteiger partial charge is 0.406 e. The first-order valence-corrected chi connectivity index (χ1v) is 10.4. The van der Waals surface area contributed by atoms with Crippen LogP contribution in [0.5, 0.6) is 5.75 Å². The summed E-state index contributed by atoms with van der Waals surface area (Å²) in [5, 5.41) is 0. The number of anilines is 1. The van der Waals surface area contributed by atoms with Crippen molar-refractivity contribution in [2.45, 2.75) is 32.5 Å². The van der Waals surface area contributed by atoms with Crippen LogP contribution in [0.4, 0.5) is 18.9 Å². The molecule has 11 heteroatoms. The number of carbonyl (C=O) groups is 1. The zero-order valence-corrected chi connectivity index (χ0v) is 16.1. The molecule has 7 nitrogen and oxygen atoms in total. The van der Waals surface area contributed by atoms with E-state index in [9.17, 15) is 26.4 Å². The normalized spacial score (nSPS) is 20.7.